The maximum atomic E-state index is 12.9. The standard InChI is InChI=1S/C22H28N2O3S/c25-22(13-16-28(26,27)21-10-4-5-11-21)24(18-20-9-6-14-23-17-20)15-12-19-7-2-1-3-8-19/h1-3,6-9,14,17,21H,4-5,10-13,15-16,18H2. The van der Waals surface area contributed by atoms with Crippen molar-refractivity contribution in [3.05, 3.63) is 66.0 Å². The van der Waals surface area contributed by atoms with Gasteiger partial charge in [0.1, 0.15) is 0 Å². The number of hydrogen-bond acceptors (Lipinski definition) is 4. The van der Waals surface area contributed by atoms with Gasteiger partial charge in [-0.1, -0.05) is 49.2 Å². The van der Waals surface area contributed by atoms with Crippen LogP contribution in [-0.2, 0) is 27.6 Å². The first kappa shape index (κ1) is 20.5. The Hall–Kier alpha value is -2.21. The first-order chi connectivity index (χ1) is 13.5. The third kappa shape index (κ3) is 5.89. The van der Waals surface area contributed by atoms with Crippen LogP contribution in [0.4, 0.5) is 0 Å². The first-order valence-corrected chi connectivity index (χ1v) is 11.7. The minimum absolute atomic E-state index is 0.0495. The first-order valence-electron chi connectivity index (χ1n) is 9.97. The maximum absolute atomic E-state index is 12.9. The number of sulfone groups is 1. The zero-order chi connectivity index (χ0) is 19.8. The van der Waals surface area contributed by atoms with Crippen LogP contribution in [0.3, 0.4) is 0 Å². The molecule has 1 heterocycles. The van der Waals surface area contributed by atoms with Crippen LogP contribution in [0.1, 0.15) is 43.2 Å². The zero-order valence-electron chi connectivity index (χ0n) is 16.2. The van der Waals surface area contributed by atoms with E-state index in [4.69, 9.17) is 0 Å². The highest BCUT2D eigenvalue weighted by molar-refractivity contribution is 7.92. The van der Waals surface area contributed by atoms with Gasteiger partial charge in [-0.05, 0) is 36.5 Å². The van der Waals surface area contributed by atoms with E-state index in [2.05, 4.69) is 4.98 Å². The Bertz CT molecular complexity index is 848. The number of hydrogen-bond donors (Lipinski definition) is 0. The lowest BCUT2D eigenvalue weighted by Crippen LogP contribution is -2.34. The van der Waals surface area contributed by atoms with Crippen molar-refractivity contribution >= 4 is 15.7 Å². The van der Waals surface area contributed by atoms with Gasteiger partial charge in [-0.15, -0.1) is 0 Å². The average Bonchev–Trinajstić information content (AvgIpc) is 3.27. The van der Waals surface area contributed by atoms with E-state index in [9.17, 15) is 13.2 Å². The number of amides is 1. The Kier molecular flexibility index (Phi) is 7.20. The predicted octanol–water partition coefficient (Wildman–Crippen LogP) is 3.40. The molecular formula is C22H28N2O3S. The number of carbonyl (C=O) groups excluding carboxylic acids is 1. The molecule has 1 fully saturated rings. The summed E-state index contributed by atoms with van der Waals surface area (Å²) in [5.74, 6) is -0.160. The fourth-order valence-corrected chi connectivity index (χ4v) is 5.56. The minimum atomic E-state index is -3.19. The summed E-state index contributed by atoms with van der Waals surface area (Å²) in [5.41, 5.74) is 2.10. The molecule has 1 amide bonds. The molecular weight excluding hydrogens is 372 g/mol. The predicted molar refractivity (Wildman–Crippen MR) is 110 cm³/mol. The summed E-state index contributed by atoms with van der Waals surface area (Å²) in [6.07, 6.45) is 7.67. The minimum Gasteiger partial charge on any atom is -0.338 e. The highest BCUT2D eigenvalue weighted by atomic mass is 32.2. The molecule has 0 bridgehead atoms. The summed E-state index contributed by atoms with van der Waals surface area (Å²) >= 11 is 0. The summed E-state index contributed by atoms with van der Waals surface area (Å²) < 4.78 is 25.0. The van der Waals surface area contributed by atoms with E-state index < -0.39 is 9.84 Å². The van der Waals surface area contributed by atoms with Crippen molar-refractivity contribution in [2.75, 3.05) is 12.3 Å². The lowest BCUT2D eigenvalue weighted by Gasteiger charge is -2.23. The molecule has 1 aliphatic rings. The zero-order valence-corrected chi connectivity index (χ0v) is 17.0. The largest absolute Gasteiger partial charge is 0.338 e. The molecule has 1 aliphatic carbocycles. The van der Waals surface area contributed by atoms with Crippen molar-refractivity contribution in [2.24, 2.45) is 0 Å². The molecule has 1 aromatic heterocycles. The molecule has 3 rings (SSSR count). The van der Waals surface area contributed by atoms with Gasteiger partial charge in [0.25, 0.3) is 0 Å². The van der Waals surface area contributed by atoms with Crippen molar-refractivity contribution < 1.29 is 13.2 Å². The summed E-state index contributed by atoms with van der Waals surface area (Å²) in [7, 11) is -3.19. The van der Waals surface area contributed by atoms with Gasteiger partial charge >= 0.3 is 0 Å². The molecule has 1 saturated carbocycles. The van der Waals surface area contributed by atoms with E-state index in [1.54, 1.807) is 17.3 Å². The van der Waals surface area contributed by atoms with E-state index in [0.717, 1.165) is 43.2 Å². The third-order valence-corrected chi connectivity index (χ3v) is 7.63. The van der Waals surface area contributed by atoms with E-state index in [1.807, 2.05) is 42.5 Å². The average molecular weight is 401 g/mol. The number of benzene rings is 1. The summed E-state index contributed by atoms with van der Waals surface area (Å²) in [4.78, 5) is 18.7. The van der Waals surface area contributed by atoms with Gasteiger partial charge in [-0.3, -0.25) is 9.78 Å². The third-order valence-electron chi connectivity index (χ3n) is 5.37. The summed E-state index contributed by atoms with van der Waals surface area (Å²) in [6.45, 7) is 1.00. The van der Waals surface area contributed by atoms with E-state index >= 15 is 0 Å². The number of nitrogens with zero attached hydrogens (tertiary/aromatic N) is 2. The fraction of sp³-hybridized carbons (Fsp3) is 0.455. The Labute approximate surface area is 167 Å². The topological polar surface area (TPSA) is 67.3 Å². The SMILES string of the molecule is O=C(CCS(=O)(=O)C1CCCC1)N(CCc1ccccc1)Cc1cccnc1. The molecule has 5 nitrogen and oxygen atoms in total. The van der Waals surface area contributed by atoms with Crippen molar-refractivity contribution in [3.63, 3.8) is 0 Å². The van der Waals surface area contributed by atoms with Crippen LogP contribution in [0.25, 0.3) is 0 Å². The molecule has 0 saturated heterocycles. The number of pyridine rings is 1. The van der Waals surface area contributed by atoms with Crippen molar-refractivity contribution in [1.29, 1.82) is 0 Å². The summed E-state index contributed by atoms with van der Waals surface area (Å²) in [5, 5.41) is -0.253. The van der Waals surface area contributed by atoms with Crippen LogP contribution in [0.5, 0.6) is 0 Å². The van der Waals surface area contributed by atoms with Crippen LogP contribution < -0.4 is 0 Å². The summed E-state index contributed by atoms with van der Waals surface area (Å²) in [6, 6.07) is 13.8. The van der Waals surface area contributed by atoms with Gasteiger partial charge < -0.3 is 4.90 Å². The van der Waals surface area contributed by atoms with Crippen LogP contribution in [0.2, 0.25) is 0 Å². The molecule has 2 aromatic rings. The highest BCUT2D eigenvalue weighted by Gasteiger charge is 2.29. The van der Waals surface area contributed by atoms with Gasteiger partial charge in [-0.2, -0.15) is 0 Å². The van der Waals surface area contributed by atoms with E-state index in [-0.39, 0.29) is 23.3 Å². The number of rotatable bonds is 9. The van der Waals surface area contributed by atoms with Crippen LogP contribution >= 0.6 is 0 Å². The van der Waals surface area contributed by atoms with Gasteiger partial charge in [0.2, 0.25) is 5.91 Å². The number of aromatic nitrogens is 1. The molecule has 0 aliphatic heterocycles. The van der Waals surface area contributed by atoms with Gasteiger partial charge in [0, 0.05) is 31.9 Å². The second kappa shape index (κ2) is 9.82. The molecule has 0 unspecified atom stereocenters. The molecule has 0 atom stereocenters. The van der Waals surface area contributed by atoms with Gasteiger partial charge in [0.15, 0.2) is 9.84 Å². The Morgan fingerprint density at radius 3 is 2.43 bits per heavy atom. The molecule has 6 heteroatoms. The van der Waals surface area contributed by atoms with Crippen LogP contribution in [0.15, 0.2) is 54.9 Å². The highest BCUT2D eigenvalue weighted by Crippen LogP contribution is 2.25. The quantitative estimate of drug-likeness (QED) is 0.647. The molecule has 0 radical (unpaired) electrons. The fourth-order valence-electron chi connectivity index (χ4n) is 3.71. The van der Waals surface area contributed by atoms with E-state index in [1.165, 1.54) is 0 Å². The lowest BCUT2D eigenvalue weighted by atomic mass is 10.1. The maximum Gasteiger partial charge on any atom is 0.223 e. The smallest absolute Gasteiger partial charge is 0.223 e. The second-order valence-corrected chi connectivity index (χ2v) is 9.84. The molecule has 0 N–H and O–H groups in total. The van der Waals surface area contributed by atoms with Crippen molar-refractivity contribution in [2.45, 2.75) is 50.3 Å². The Morgan fingerprint density at radius 2 is 1.75 bits per heavy atom. The van der Waals surface area contributed by atoms with Crippen molar-refractivity contribution in [1.82, 2.24) is 9.88 Å². The molecule has 1 aromatic carbocycles. The molecule has 28 heavy (non-hydrogen) atoms. The Morgan fingerprint density at radius 1 is 1.04 bits per heavy atom. The number of carbonyl (C=O) groups is 1. The molecule has 150 valence electrons. The van der Waals surface area contributed by atoms with E-state index in [0.29, 0.717) is 13.1 Å². The lowest BCUT2D eigenvalue weighted by molar-refractivity contribution is -0.131. The monoisotopic (exact) mass is 400 g/mol. The molecule has 0 spiro atoms. The normalized spacial score (nSPS) is 14.9. The van der Waals surface area contributed by atoms with Crippen molar-refractivity contribution in [3.8, 4) is 0 Å². The van der Waals surface area contributed by atoms with Gasteiger partial charge in [-0.25, -0.2) is 8.42 Å². The Balaban J connectivity index is 1.63. The van der Waals surface area contributed by atoms with Gasteiger partial charge in [0.05, 0.1) is 11.0 Å². The van der Waals surface area contributed by atoms with Crippen LogP contribution in [-0.4, -0.2) is 41.8 Å². The second-order valence-electron chi connectivity index (χ2n) is 7.44. The van der Waals surface area contributed by atoms with Crippen LogP contribution in [0, 0.1) is 0 Å².